The second-order valence-electron chi connectivity index (χ2n) is 9.09. The molecule has 2 aliphatic rings. The number of allylic oxidation sites excluding steroid dienone is 2. The molecule has 2 aliphatic heterocycles. The van der Waals surface area contributed by atoms with Crippen LogP contribution in [-0.2, 0) is 22.2 Å². The van der Waals surface area contributed by atoms with Gasteiger partial charge in [-0.2, -0.15) is 13.2 Å². The largest absolute Gasteiger partial charge is 0.513 e. The van der Waals surface area contributed by atoms with Crippen LogP contribution in [0.2, 0.25) is 0 Å². The molecule has 1 N–H and O–H groups in total. The Hall–Kier alpha value is -3.27. The van der Waals surface area contributed by atoms with Gasteiger partial charge in [0.25, 0.3) is 5.56 Å². The Morgan fingerprint density at radius 2 is 1.83 bits per heavy atom. The lowest BCUT2D eigenvalue weighted by Gasteiger charge is -2.31. The number of hydrogen-bond donors (Lipinski definition) is 1. The summed E-state index contributed by atoms with van der Waals surface area (Å²) < 4.78 is 53.5. The molecular formula is C26H30F3N3O4. The number of methoxy groups -OCH3 is 1. The van der Waals surface area contributed by atoms with Gasteiger partial charge in [0.15, 0.2) is 0 Å². The van der Waals surface area contributed by atoms with Crippen LogP contribution in [-0.4, -0.2) is 42.4 Å². The summed E-state index contributed by atoms with van der Waals surface area (Å²) in [6.07, 6.45) is 0.194. The lowest BCUT2D eigenvalue weighted by atomic mass is 9.83. The number of aromatic nitrogens is 1. The van der Waals surface area contributed by atoms with Crippen LogP contribution in [0.1, 0.15) is 55.2 Å². The fraction of sp³-hybridized carbons (Fsp3) is 0.462. The first-order valence-corrected chi connectivity index (χ1v) is 12.1. The highest BCUT2D eigenvalue weighted by Crippen LogP contribution is 2.45. The Bertz CT molecular complexity index is 1200. The standard InChI is InChI=1S/C26H30F3N3O4/c1-17-23(36-25(34)35-2)21(18-9-4-5-10-19(18)26(27,28)29)22-20(30-17)11-16-32(24(22)33)15-8-14-31-12-6-3-7-13-31/h4-5,9-11,16,21,30H,3,6-8,12-15H2,1-2H3. The number of piperidine rings is 1. The van der Waals surface area contributed by atoms with Crippen LogP contribution in [0.25, 0.3) is 0 Å². The van der Waals surface area contributed by atoms with Gasteiger partial charge in [-0.05, 0) is 63.5 Å². The average molecular weight is 506 g/mol. The van der Waals surface area contributed by atoms with Crippen molar-refractivity contribution in [2.45, 2.75) is 51.2 Å². The summed E-state index contributed by atoms with van der Waals surface area (Å²) in [5.41, 5.74) is -0.715. The fourth-order valence-electron chi connectivity index (χ4n) is 4.99. The second kappa shape index (κ2) is 10.8. The zero-order valence-corrected chi connectivity index (χ0v) is 20.4. The van der Waals surface area contributed by atoms with Crippen LogP contribution in [0.4, 0.5) is 23.7 Å². The van der Waals surface area contributed by atoms with Gasteiger partial charge in [-0.3, -0.25) is 4.79 Å². The van der Waals surface area contributed by atoms with Crippen molar-refractivity contribution in [3.8, 4) is 0 Å². The zero-order valence-electron chi connectivity index (χ0n) is 20.4. The van der Waals surface area contributed by atoms with E-state index in [0.29, 0.717) is 17.9 Å². The summed E-state index contributed by atoms with van der Waals surface area (Å²) in [5.74, 6) is -1.35. The number of carbonyl (C=O) groups is 1. The van der Waals surface area contributed by atoms with E-state index in [1.807, 2.05) is 0 Å². The molecule has 2 aromatic rings. The number of anilines is 1. The maximum atomic E-state index is 14.0. The van der Waals surface area contributed by atoms with Crippen molar-refractivity contribution in [3.05, 3.63) is 75.0 Å². The molecule has 10 heteroatoms. The highest BCUT2D eigenvalue weighted by Gasteiger charge is 2.41. The van der Waals surface area contributed by atoms with Gasteiger partial charge < -0.3 is 24.3 Å². The van der Waals surface area contributed by atoms with E-state index in [9.17, 15) is 22.8 Å². The van der Waals surface area contributed by atoms with Crippen LogP contribution in [0.3, 0.4) is 0 Å². The summed E-state index contributed by atoms with van der Waals surface area (Å²) in [4.78, 5) is 28.1. The monoisotopic (exact) mass is 505 g/mol. The highest BCUT2D eigenvalue weighted by atomic mass is 19.4. The lowest BCUT2D eigenvalue weighted by Crippen LogP contribution is -2.34. The SMILES string of the molecule is COC(=O)OC1=C(C)Nc2ccn(CCCN3CCCCC3)c(=O)c2C1c1ccccc1C(F)(F)F. The van der Waals surface area contributed by atoms with Crippen molar-refractivity contribution < 1.29 is 27.4 Å². The van der Waals surface area contributed by atoms with E-state index in [1.54, 1.807) is 19.2 Å². The van der Waals surface area contributed by atoms with Crippen molar-refractivity contribution in [1.82, 2.24) is 9.47 Å². The first kappa shape index (κ1) is 25.8. The molecule has 0 bridgehead atoms. The van der Waals surface area contributed by atoms with E-state index in [0.717, 1.165) is 39.2 Å². The highest BCUT2D eigenvalue weighted by molar-refractivity contribution is 5.68. The number of fused-ring (bicyclic) bond motifs is 1. The third kappa shape index (κ3) is 5.43. The second-order valence-corrected chi connectivity index (χ2v) is 9.09. The molecule has 194 valence electrons. The van der Waals surface area contributed by atoms with Gasteiger partial charge in [-0.1, -0.05) is 24.6 Å². The molecule has 0 aliphatic carbocycles. The van der Waals surface area contributed by atoms with E-state index in [4.69, 9.17) is 4.74 Å². The average Bonchev–Trinajstić information content (AvgIpc) is 2.86. The maximum absolute atomic E-state index is 14.0. The third-order valence-corrected chi connectivity index (χ3v) is 6.70. The number of nitrogens with zero attached hydrogens (tertiary/aromatic N) is 2. The Balaban J connectivity index is 1.76. The molecule has 0 radical (unpaired) electrons. The first-order chi connectivity index (χ1) is 17.2. The van der Waals surface area contributed by atoms with Gasteiger partial charge in [0.1, 0.15) is 5.76 Å². The number of likely N-dealkylation sites (tertiary alicyclic amines) is 1. The quantitative estimate of drug-likeness (QED) is 0.536. The molecular weight excluding hydrogens is 475 g/mol. The molecule has 1 aromatic carbocycles. The summed E-state index contributed by atoms with van der Waals surface area (Å²) in [7, 11) is 1.11. The molecule has 4 rings (SSSR count). The molecule has 1 atom stereocenters. The van der Waals surface area contributed by atoms with Gasteiger partial charge in [-0.15, -0.1) is 0 Å². The predicted molar refractivity (Wildman–Crippen MR) is 129 cm³/mol. The Morgan fingerprint density at radius 3 is 2.53 bits per heavy atom. The van der Waals surface area contributed by atoms with Gasteiger partial charge in [-0.25, -0.2) is 4.79 Å². The topological polar surface area (TPSA) is 72.8 Å². The number of ether oxygens (including phenoxy) is 2. The maximum Gasteiger partial charge on any atom is 0.513 e. The van der Waals surface area contributed by atoms with Crippen molar-refractivity contribution in [3.63, 3.8) is 0 Å². The molecule has 36 heavy (non-hydrogen) atoms. The van der Waals surface area contributed by atoms with Crippen molar-refractivity contribution in [2.75, 3.05) is 32.1 Å². The van der Waals surface area contributed by atoms with Gasteiger partial charge in [0.2, 0.25) is 0 Å². The molecule has 1 unspecified atom stereocenters. The van der Waals surface area contributed by atoms with Crippen molar-refractivity contribution in [2.24, 2.45) is 0 Å². The number of alkyl halides is 3. The van der Waals surface area contributed by atoms with Crippen molar-refractivity contribution >= 4 is 11.8 Å². The summed E-state index contributed by atoms with van der Waals surface area (Å²) in [5, 5.41) is 3.02. The molecule has 3 heterocycles. The number of pyridine rings is 1. The van der Waals surface area contributed by atoms with E-state index >= 15 is 0 Å². The Morgan fingerprint density at radius 1 is 1.11 bits per heavy atom. The van der Waals surface area contributed by atoms with E-state index < -0.39 is 29.4 Å². The minimum absolute atomic E-state index is 0.0941. The minimum Gasteiger partial charge on any atom is -0.437 e. The molecule has 0 saturated carbocycles. The predicted octanol–water partition coefficient (Wildman–Crippen LogP) is 5.32. The molecule has 7 nitrogen and oxygen atoms in total. The van der Waals surface area contributed by atoms with Crippen LogP contribution in [0.15, 0.2) is 52.8 Å². The summed E-state index contributed by atoms with van der Waals surface area (Å²) in [6, 6.07) is 6.71. The first-order valence-electron chi connectivity index (χ1n) is 12.1. The minimum atomic E-state index is -4.67. The third-order valence-electron chi connectivity index (χ3n) is 6.70. The van der Waals surface area contributed by atoms with Gasteiger partial charge >= 0.3 is 12.3 Å². The number of rotatable bonds is 6. The Kier molecular flexibility index (Phi) is 7.73. The van der Waals surface area contributed by atoms with Crippen LogP contribution >= 0.6 is 0 Å². The van der Waals surface area contributed by atoms with Crippen LogP contribution in [0, 0.1) is 0 Å². The number of aryl methyl sites for hydroxylation is 1. The number of carbonyl (C=O) groups excluding carboxylic acids is 1. The number of benzene rings is 1. The molecule has 1 fully saturated rings. The van der Waals surface area contributed by atoms with Crippen LogP contribution < -0.4 is 10.9 Å². The molecule has 0 amide bonds. The fourth-order valence-corrected chi connectivity index (χ4v) is 4.99. The normalized spacial score (nSPS) is 18.4. The molecule has 0 spiro atoms. The van der Waals surface area contributed by atoms with Crippen LogP contribution in [0.5, 0.6) is 0 Å². The van der Waals surface area contributed by atoms with Gasteiger partial charge in [0, 0.05) is 18.4 Å². The zero-order chi connectivity index (χ0) is 25.9. The van der Waals surface area contributed by atoms with Crippen molar-refractivity contribution in [1.29, 1.82) is 0 Å². The Labute approximate surface area is 207 Å². The number of halogens is 3. The molecule has 1 aromatic heterocycles. The summed E-state index contributed by atoms with van der Waals surface area (Å²) >= 11 is 0. The number of hydrogen-bond acceptors (Lipinski definition) is 6. The smallest absolute Gasteiger partial charge is 0.437 e. The van der Waals surface area contributed by atoms with Gasteiger partial charge in [0.05, 0.1) is 29.9 Å². The van der Waals surface area contributed by atoms with E-state index in [2.05, 4.69) is 15.0 Å². The molecule has 1 saturated heterocycles. The number of nitrogens with one attached hydrogen (secondary N) is 1. The lowest BCUT2D eigenvalue weighted by molar-refractivity contribution is -0.138. The van der Waals surface area contributed by atoms with E-state index in [-0.39, 0.29) is 16.9 Å². The van der Waals surface area contributed by atoms with E-state index in [1.165, 1.54) is 42.0 Å². The summed E-state index contributed by atoms with van der Waals surface area (Å²) in [6.45, 7) is 4.92.